The van der Waals surface area contributed by atoms with Gasteiger partial charge in [0.1, 0.15) is 5.84 Å². The highest BCUT2D eigenvalue weighted by Gasteiger charge is 2.20. The molecule has 0 saturated carbocycles. The summed E-state index contributed by atoms with van der Waals surface area (Å²) < 4.78 is 5.37. The molecule has 0 aliphatic carbocycles. The Hall–Kier alpha value is -4.14. The lowest BCUT2D eigenvalue weighted by molar-refractivity contribution is 0.0303. The van der Waals surface area contributed by atoms with E-state index in [1.807, 2.05) is 42.3 Å². The molecule has 8 heteroatoms. The van der Waals surface area contributed by atoms with Crippen LogP contribution >= 0.6 is 0 Å². The van der Waals surface area contributed by atoms with Crippen molar-refractivity contribution in [3.05, 3.63) is 101 Å². The highest BCUT2D eigenvalue weighted by Crippen LogP contribution is 2.30. The number of aliphatic imine (C=N–C) groups is 1. The van der Waals surface area contributed by atoms with Crippen LogP contribution in [0.15, 0.2) is 77.9 Å². The van der Waals surface area contributed by atoms with Gasteiger partial charge in [0.05, 0.1) is 25.5 Å². The number of morpholine rings is 1. The molecule has 5 rings (SSSR count). The van der Waals surface area contributed by atoms with E-state index in [1.54, 1.807) is 0 Å². The van der Waals surface area contributed by atoms with Crippen molar-refractivity contribution in [1.29, 1.82) is 0 Å². The van der Waals surface area contributed by atoms with E-state index in [1.165, 1.54) is 11.1 Å². The van der Waals surface area contributed by atoms with Crippen molar-refractivity contribution in [3.63, 3.8) is 0 Å². The number of ether oxygens (including phenoxy) is 1. The van der Waals surface area contributed by atoms with Crippen molar-refractivity contribution < 1.29 is 9.53 Å². The van der Waals surface area contributed by atoms with Gasteiger partial charge in [0.2, 0.25) is 0 Å². The van der Waals surface area contributed by atoms with Crippen LogP contribution in [-0.4, -0.2) is 61.4 Å². The SMILES string of the molecule is CN1C=C(c2cccc(NCc3cccc(C(C)(C)C)c3)c2CN)N=C(Nc2ccc(C(=O)N3CCOCC3)cc2)C1. The highest BCUT2D eigenvalue weighted by atomic mass is 16.5. The van der Waals surface area contributed by atoms with Crippen LogP contribution in [0.4, 0.5) is 11.4 Å². The number of benzene rings is 3. The third kappa shape index (κ3) is 7.01. The predicted molar refractivity (Wildman–Crippen MR) is 172 cm³/mol. The van der Waals surface area contributed by atoms with Crippen LogP contribution in [0.5, 0.6) is 0 Å². The first-order chi connectivity index (χ1) is 20.2. The Balaban J connectivity index is 1.31. The summed E-state index contributed by atoms with van der Waals surface area (Å²) in [6.45, 7) is 10.9. The van der Waals surface area contributed by atoms with Gasteiger partial charge in [-0.25, -0.2) is 4.99 Å². The van der Waals surface area contributed by atoms with E-state index < -0.39 is 0 Å². The smallest absolute Gasteiger partial charge is 0.254 e. The summed E-state index contributed by atoms with van der Waals surface area (Å²) in [6, 6.07) is 22.5. The van der Waals surface area contributed by atoms with Crippen molar-refractivity contribution in [2.45, 2.75) is 39.3 Å². The summed E-state index contributed by atoms with van der Waals surface area (Å²) in [5.41, 5.74) is 14.4. The maximum absolute atomic E-state index is 12.8. The number of hydrogen-bond donors (Lipinski definition) is 3. The molecule has 4 N–H and O–H groups in total. The maximum atomic E-state index is 12.8. The second-order valence-electron chi connectivity index (χ2n) is 11.9. The zero-order valence-electron chi connectivity index (χ0n) is 25.1. The standard InChI is InChI=1S/C34H42N6O2/c1-34(2,3)26-8-5-7-24(19-26)21-36-30-10-6-9-28(29(30)20-35)31-22-39(4)23-32(38-31)37-27-13-11-25(12-14-27)33(41)40-15-17-42-18-16-40/h5-14,19,22,36H,15-18,20-21,23,35H2,1-4H3,(H,37,38). The molecule has 3 aromatic rings. The van der Waals surface area contributed by atoms with Gasteiger partial charge >= 0.3 is 0 Å². The number of nitrogens with one attached hydrogen (secondary N) is 2. The van der Waals surface area contributed by atoms with Gasteiger partial charge in [0.15, 0.2) is 0 Å². The van der Waals surface area contributed by atoms with Crippen LogP contribution in [0.25, 0.3) is 5.70 Å². The second-order valence-corrected chi connectivity index (χ2v) is 11.9. The summed E-state index contributed by atoms with van der Waals surface area (Å²) in [4.78, 5) is 21.7. The molecule has 0 aromatic heterocycles. The van der Waals surface area contributed by atoms with Gasteiger partial charge in [-0.15, -0.1) is 0 Å². The molecule has 0 radical (unpaired) electrons. The van der Waals surface area contributed by atoms with Gasteiger partial charge in [-0.1, -0.05) is 57.2 Å². The molecule has 0 bridgehead atoms. The zero-order valence-corrected chi connectivity index (χ0v) is 25.1. The van der Waals surface area contributed by atoms with Crippen molar-refractivity contribution in [3.8, 4) is 0 Å². The number of hydrogen-bond acceptors (Lipinski definition) is 7. The molecule has 42 heavy (non-hydrogen) atoms. The average molecular weight is 567 g/mol. The van der Waals surface area contributed by atoms with Gasteiger partial charge in [-0.05, 0) is 52.4 Å². The van der Waals surface area contributed by atoms with Crippen LogP contribution in [-0.2, 0) is 23.2 Å². The third-order valence-corrected chi connectivity index (χ3v) is 7.65. The largest absolute Gasteiger partial charge is 0.381 e. The Bertz CT molecular complexity index is 1470. The lowest BCUT2D eigenvalue weighted by atomic mass is 9.86. The van der Waals surface area contributed by atoms with Crippen LogP contribution in [0, 0.1) is 0 Å². The van der Waals surface area contributed by atoms with E-state index in [-0.39, 0.29) is 11.3 Å². The minimum Gasteiger partial charge on any atom is -0.381 e. The molecule has 2 aliphatic rings. The number of carbonyl (C=O) groups is 1. The Morgan fingerprint density at radius 2 is 1.76 bits per heavy atom. The number of amides is 1. The summed E-state index contributed by atoms with van der Waals surface area (Å²) in [7, 11) is 2.03. The molecule has 1 saturated heterocycles. The number of anilines is 2. The topological polar surface area (TPSA) is 95.2 Å². The van der Waals surface area contributed by atoms with E-state index in [0.29, 0.717) is 51.5 Å². The number of likely N-dealkylation sites (N-methyl/N-ethyl adjacent to an activating group) is 1. The van der Waals surface area contributed by atoms with Crippen LogP contribution in [0.1, 0.15) is 53.4 Å². The Kier molecular flexibility index (Phi) is 8.94. The molecular formula is C34H42N6O2. The maximum Gasteiger partial charge on any atom is 0.254 e. The summed E-state index contributed by atoms with van der Waals surface area (Å²) in [6.07, 6.45) is 2.06. The number of rotatable bonds is 7. The Morgan fingerprint density at radius 1 is 1.02 bits per heavy atom. The summed E-state index contributed by atoms with van der Waals surface area (Å²) in [5, 5.41) is 7.06. The highest BCUT2D eigenvalue weighted by molar-refractivity contribution is 6.02. The lowest BCUT2D eigenvalue weighted by Gasteiger charge is -2.27. The third-order valence-electron chi connectivity index (χ3n) is 7.65. The van der Waals surface area contributed by atoms with Crippen molar-refractivity contribution in [1.82, 2.24) is 9.80 Å². The minimum atomic E-state index is 0.0366. The first kappa shape index (κ1) is 29.4. The fraction of sp³-hybridized carbons (Fsp3) is 0.353. The molecule has 2 heterocycles. The molecule has 0 unspecified atom stereocenters. The fourth-order valence-corrected chi connectivity index (χ4v) is 5.27. The summed E-state index contributed by atoms with van der Waals surface area (Å²) in [5.74, 6) is 0.858. The van der Waals surface area contributed by atoms with Crippen molar-refractivity contribution in [2.24, 2.45) is 10.7 Å². The normalized spacial score (nSPS) is 15.6. The van der Waals surface area contributed by atoms with Gasteiger partial charge in [0, 0.05) is 61.9 Å². The van der Waals surface area contributed by atoms with Crippen molar-refractivity contribution in [2.75, 3.05) is 50.5 Å². The molecule has 1 amide bonds. The van der Waals surface area contributed by atoms with Gasteiger partial charge in [-0.2, -0.15) is 0 Å². The molecular weight excluding hydrogens is 524 g/mol. The van der Waals surface area contributed by atoms with E-state index in [2.05, 4.69) is 78.9 Å². The Labute approximate surface area is 249 Å². The van der Waals surface area contributed by atoms with Crippen LogP contribution in [0.2, 0.25) is 0 Å². The van der Waals surface area contributed by atoms with E-state index >= 15 is 0 Å². The predicted octanol–water partition coefficient (Wildman–Crippen LogP) is 5.28. The summed E-state index contributed by atoms with van der Waals surface area (Å²) >= 11 is 0. The first-order valence-corrected chi connectivity index (χ1v) is 14.6. The average Bonchev–Trinajstić information content (AvgIpc) is 2.99. The van der Waals surface area contributed by atoms with E-state index in [9.17, 15) is 4.79 Å². The quantitative estimate of drug-likeness (QED) is 0.360. The monoisotopic (exact) mass is 566 g/mol. The van der Waals surface area contributed by atoms with E-state index in [0.717, 1.165) is 34.0 Å². The van der Waals surface area contributed by atoms with Crippen LogP contribution in [0.3, 0.4) is 0 Å². The Morgan fingerprint density at radius 3 is 2.48 bits per heavy atom. The van der Waals surface area contributed by atoms with Gasteiger partial charge in [0.25, 0.3) is 5.91 Å². The van der Waals surface area contributed by atoms with Crippen LogP contribution < -0.4 is 16.4 Å². The van der Waals surface area contributed by atoms with E-state index in [4.69, 9.17) is 15.5 Å². The number of carbonyl (C=O) groups excluding carboxylic acids is 1. The molecule has 0 spiro atoms. The number of amidine groups is 1. The molecule has 8 nitrogen and oxygen atoms in total. The number of nitrogens with two attached hydrogens (primary N) is 1. The fourth-order valence-electron chi connectivity index (χ4n) is 5.27. The molecule has 3 aromatic carbocycles. The zero-order chi connectivity index (χ0) is 29.7. The molecule has 2 aliphatic heterocycles. The van der Waals surface area contributed by atoms with Gasteiger partial charge < -0.3 is 30.9 Å². The minimum absolute atomic E-state index is 0.0366. The molecule has 0 atom stereocenters. The van der Waals surface area contributed by atoms with Gasteiger partial charge in [-0.3, -0.25) is 4.79 Å². The first-order valence-electron chi connectivity index (χ1n) is 14.6. The molecule has 220 valence electrons. The van der Waals surface area contributed by atoms with Crippen molar-refractivity contribution >= 4 is 28.8 Å². The number of nitrogens with zero attached hydrogens (tertiary/aromatic N) is 3. The molecule has 1 fully saturated rings. The second kappa shape index (κ2) is 12.8. The lowest BCUT2D eigenvalue weighted by Crippen LogP contribution is -2.40.